The highest BCUT2D eigenvalue weighted by molar-refractivity contribution is 5.27. The van der Waals surface area contributed by atoms with E-state index in [1.54, 1.807) is 0 Å². The fourth-order valence-corrected chi connectivity index (χ4v) is 2.66. The maximum atomic E-state index is 5.49. The summed E-state index contributed by atoms with van der Waals surface area (Å²) < 4.78 is 10.7. The van der Waals surface area contributed by atoms with Crippen molar-refractivity contribution in [2.24, 2.45) is 0 Å². The first kappa shape index (κ1) is 11.2. The average molecular weight is 233 g/mol. The molecule has 2 saturated heterocycles. The van der Waals surface area contributed by atoms with Gasteiger partial charge in [0.25, 0.3) is 0 Å². The molecule has 0 bridgehead atoms. The molecule has 0 amide bonds. The molecule has 3 nitrogen and oxygen atoms in total. The van der Waals surface area contributed by atoms with Crippen LogP contribution in [0.5, 0.6) is 0 Å². The van der Waals surface area contributed by atoms with E-state index in [-0.39, 0.29) is 6.10 Å². The molecular formula is C14H19NO2. The summed E-state index contributed by atoms with van der Waals surface area (Å²) in [5.74, 6) is 0.728. The van der Waals surface area contributed by atoms with E-state index < -0.39 is 0 Å². The Balaban J connectivity index is 1.70. The largest absolute Gasteiger partial charge is 0.352 e. The van der Waals surface area contributed by atoms with E-state index in [1.807, 2.05) is 0 Å². The normalized spacial score (nSPS) is 26.2. The standard InChI is InChI=1S/C14H19NO2/c1-3-13(14-9-16-10-17-14)4-2-11(1)12-5-7-15-8-6-12/h1-4,12,14-15H,5-10H2. The fourth-order valence-electron chi connectivity index (χ4n) is 2.66. The van der Waals surface area contributed by atoms with Crippen molar-refractivity contribution in [2.75, 3.05) is 26.5 Å². The minimum Gasteiger partial charge on any atom is -0.352 e. The molecule has 1 aromatic carbocycles. The quantitative estimate of drug-likeness (QED) is 0.849. The van der Waals surface area contributed by atoms with Gasteiger partial charge in [0, 0.05) is 0 Å². The summed E-state index contributed by atoms with van der Waals surface area (Å²) in [4.78, 5) is 0. The Morgan fingerprint density at radius 2 is 1.71 bits per heavy atom. The molecule has 1 N–H and O–H groups in total. The van der Waals surface area contributed by atoms with Crippen molar-refractivity contribution < 1.29 is 9.47 Å². The molecule has 17 heavy (non-hydrogen) atoms. The first-order chi connectivity index (χ1) is 8.43. The van der Waals surface area contributed by atoms with E-state index in [1.165, 1.54) is 24.0 Å². The van der Waals surface area contributed by atoms with Gasteiger partial charge in [-0.15, -0.1) is 0 Å². The number of hydrogen-bond acceptors (Lipinski definition) is 3. The summed E-state index contributed by atoms with van der Waals surface area (Å²) in [6.07, 6.45) is 2.64. The zero-order chi connectivity index (χ0) is 11.5. The highest BCUT2D eigenvalue weighted by Crippen LogP contribution is 2.28. The van der Waals surface area contributed by atoms with Crippen LogP contribution in [0.2, 0.25) is 0 Å². The van der Waals surface area contributed by atoms with Gasteiger partial charge in [-0.05, 0) is 43.0 Å². The molecule has 3 heteroatoms. The van der Waals surface area contributed by atoms with Gasteiger partial charge >= 0.3 is 0 Å². The maximum absolute atomic E-state index is 5.49. The predicted octanol–water partition coefficient (Wildman–Crippen LogP) is 2.20. The Hall–Kier alpha value is -0.900. The molecule has 2 fully saturated rings. The lowest BCUT2D eigenvalue weighted by Gasteiger charge is -2.23. The maximum Gasteiger partial charge on any atom is 0.147 e. The van der Waals surface area contributed by atoms with E-state index in [4.69, 9.17) is 9.47 Å². The van der Waals surface area contributed by atoms with Crippen molar-refractivity contribution >= 4 is 0 Å². The monoisotopic (exact) mass is 233 g/mol. The average Bonchev–Trinajstić information content (AvgIpc) is 2.94. The molecule has 1 unspecified atom stereocenters. The second-order valence-electron chi connectivity index (χ2n) is 4.83. The summed E-state index contributed by atoms with van der Waals surface area (Å²) in [5.41, 5.74) is 2.70. The lowest BCUT2D eigenvalue weighted by Crippen LogP contribution is -2.26. The van der Waals surface area contributed by atoms with Crippen LogP contribution in [0.25, 0.3) is 0 Å². The second-order valence-corrected chi connectivity index (χ2v) is 4.83. The Labute approximate surface area is 102 Å². The van der Waals surface area contributed by atoms with E-state index >= 15 is 0 Å². The molecule has 2 aliphatic heterocycles. The SMILES string of the molecule is c1cc(C2COCO2)ccc1C1CCNCC1. The minimum absolute atomic E-state index is 0.136. The zero-order valence-electron chi connectivity index (χ0n) is 10.0. The van der Waals surface area contributed by atoms with E-state index in [9.17, 15) is 0 Å². The smallest absolute Gasteiger partial charge is 0.147 e. The molecule has 0 aliphatic carbocycles. The molecule has 2 aliphatic rings. The third-order valence-corrected chi connectivity index (χ3v) is 3.74. The van der Waals surface area contributed by atoms with Gasteiger partial charge in [0.2, 0.25) is 0 Å². The highest BCUT2D eigenvalue weighted by atomic mass is 16.7. The molecule has 1 atom stereocenters. The first-order valence-electron chi connectivity index (χ1n) is 6.43. The summed E-state index contributed by atoms with van der Waals surface area (Å²) in [6.45, 7) is 3.41. The van der Waals surface area contributed by atoms with Crippen LogP contribution in [0.1, 0.15) is 36.0 Å². The van der Waals surface area contributed by atoms with Crippen molar-refractivity contribution in [3.63, 3.8) is 0 Å². The van der Waals surface area contributed by atoms with Gasteiger partial charge in [-0.2, -0.15) is 0 Å². The zero-order valence-corrected chi connectivity index (χ0v) is 10.0. The lowest BCUT2D eigenvalue weighted by atomic mass is 9.89. The Morgan fingerprint density at radius 1 is 1.00 bits per heavy atom. The molecule has 3 rings (SSSR count). The molecular weight excluding hydrogens is 214 g/mol. The predicted molar refractivity (Wildman–Crippen MR) is 65.9 cm³/mol. The summed E-state index contributed by atoms with van der Waals surface area (Å²) >= 11 is 0. The third-order valence-electron chi connectivity index (χ3n) is 3.74. The Morgan fingerprint density at radius 3 is 2.35 bits per heavy atom. The molecule has 92 valence electrons. The highest BCUT2D eigenvalue weighted by Gasteiger charge is 2.19. The van der Waals surface area contributed by atoms with Crippen molar-refractivity contribution in [1.29, 1.82) is 0 Å². The van der Waals surface area contributed by atoms with Gasteiger partial charge in [0.05, 0.1) is 6.61 Å². The van der Waals surface area contributed by atoms with Crippen LogP contribution in [-0.4, -0.2) is 26.5 Å². The van der Waals surface area contributed by atoms with Crippen molar-refractivity contribution in [1.82, 2.24) is 5.32 Å². The van der Waals surface area contributed by atoms with E-state index in [2.05, 4.69) is 29.6 Å². The van der Waals surface area contributed by atoms with E-state index in [0.29, 0.717) is 13.4 Å². The van der Waals surface area contributed by atoms with Gasteiger partial charge in [0.1, 0.15) is 12.9 Å². The molecule has 0 saturated carbocycles. The number of nitrogens with one attached hydrogen (secondary N) is 1. The summed E-state index contributed by atoms with van der Waals surface area (Å²) in [6, 6.07) is 8.90. The van der Waals surface area contributed by atoms with Crippen molar-refractivity contribution in [3.8, 4) is 0 Å². The number of ether oxygens (including phenoxy) is 2. The lowest BCUT2D eigenvalue weighted by molar-refractivity contribution is 0.0466. The van der Waals surface area contributed by atoms with Gasteiger partial charge in [0.15, 0.2) is 0 Å². The molecule has 0 radical (unpaired) electrons. The number of benzene rings is 1. The number of hydrogen-bond donors (Lipinski definition) is 1. The third kappa shape index (κ3) is 2.51. The molecule has 0 spiro atoms. The summed E-state index contributed by atoms with van der Waals surface area (Å²) in [7, 11) is 0. The van der Waals surface area contributed by atoms with Crippen LogP contribution in [0.4, 0.5) is 0 Å². The van der Waals surface area contributed by atoms with E-state index in [0.717, 1.165) is 19.0 Å². The van der Waals surface area contributed by atoms with Gasteiger partial charge < -0.3 is 14.8 Å². The van der Waals surface area contributed by atoms with Crippen LogP contribution in [0.15, 0.2) is 24.3 Å². The van der Waals surface area contributed by atoms with Gasteiger partial charge in [-0.1, -0.05) is 24.3 Å². The first-order valence-corrected chi connectivity index (χ1v) is 6.43. The van der Waals surface area contributed by atoms with Gasteiger partial charge in [-0.25, -0.2) is 0 Å². The minimum atomic E-state index is 0.136. The molecule has 1 aromatic rings. The Bertz CT molecular complexity index is 351. The Kier molecular flexibility index (Phi) is 3.41. The van der Waals surface area contributed by atoms with Crippen LogP contribution in [0, 0.1) is 0 Å². The number of rotatable bonds is 2. The van der Waals surface area contributed by atoms with Crippen LogP contribution >= 0.6 is 0 Å². The number of piperidine rings is 1. The molecule has 0 aromatic heterocycles. The molecule has 2 heterocycles. The topological polar surface area (TPSA) is 30.5 Å². The van der Waals surface area contributed by atoms with Crippen molar-refractivity contribution in [2.45, 2.75) is 24.9 Å². The second kappa shape index (κ2) is 5.17. The van der Waals surface area contributed by atoms with Gasteiger partial charge in [-0.3, -0.25) is 0 Å². The fraction of sp³-hybridized carbons (Fsp3) is 0.571. The van der Waals surface area contributed by atoms with Crippen LogP contribution in [0.3, 0.4) is 0 Å². The van der Waals surface area contributed by atoms with Crippen LogP contribution < -0.4 is 5.32 Å². The van der Waals surface area contributed by atoms with Crippen molar-refractivity contribution in [3.05, 3.63) is 35.4 Å². The summed E-state index contributed by atoms with van der Waals surface area (Å²) in [5, 5.41) is 3.40. The van der Waals surface area contributed by atoms with Crippen LogP contribution in [-0.2, 0) is 9.47 Å².